The minimum Gasteiger partial charge on any atom is -0.439 e. The van der Waals surface area contributed by atoms with Crippen molar-refractivity contribution in [2.24, 2.45) is 5.92 Å². The van der Waals surface area contributed by atoms with Gasteiger partial charge in [0.15, 0.2) is 0 Å². The van der Waals surface area contributed by atoms with E-state index in [-0.39, 0.29) is 5.56 Å². The second-order valence-electron chi connectivity index (χ2n) is 9.16. The molecule has 0 N–H and O–H groups in total. The molecule has 6 nitrogen and oxygen atoms in total. The van der Waals surface area contributed by atoms with Crippen LogP contribution < -0.4 is 10.3 Å². The van der Waals surface area contributed by atoms with E-state index in [1.165, 1.54) is 6.20 Å². The zero-order chi connectivity index (χ0) is 24.4. The maximum atomic E-state index is 13.9. The molecule has 2 aromatic heterocycles. The predicted octanol–water partition coefficient (Wildman–Crippen LogP) is 5.94. The van der Waals surface area contributed by atoms with Crippen molar-refractivity contribution in [3.8, 4) is 23.0 Å². The molecule has 0 saturated carbocycles. The number of halogens is 1. The molecule has 0 unspecified atom stereocenters. The zero-order valence-corrected chi connectivity index (χ0v) is 20.8. The maximum absolute atomic E-state index is 13.9. The molecule has 1 aliphatic rings. The van der Waals surface area contributed by atoms with Gasteiger partial charge in [0.25, 0.3) is 5.56 Å². The number of piperidine rings is 1. The third kappa shape index (κ3) is 5.09. The van der Waals surface area contributed by atoms with E-state index in [1.54, 1.807) is 18.2 Å². The average Bonchev–Trinajstić information content (AvgIpc) is 2.88. The summed E-state index contributed by atoms with van der Waals surface area (Å²) >= 11 is 5.93. The van der Waals surface area contributed by atoms with Crippen molar-refractivity contribution >= 4 is 22.5 Å². The fourth-order valence-electron chi connectivity index (χ4n) is 4.85. The summed E-state index contributed by atoms with van der Waals surface area (Å²) < 4.78 is 7.77. The van der Waals surface area contributed by atoms with Gasteiger partial charge in [-0.05, 0) is 68.6 Å². The highest BCUT2D eigenvalue weighted by Crippen LogP contribution is 2.28. The SMILES string of the molecule is CCN1CCC[C@H](Cn2c(-c3ccccc3C)nc3ccc(Oc4ccc(Cl)cn4)cc3c2=O)C1. The molecular weight excluding hydrogens is 460 g/mol. The summed E-state index contributed by atoms with van der Waals surface area (Å²) in [6, 6.07) is 17.0. The lowest BCUT2D eigenvalue weighted by Gasteiger charge is -2.32. The van der Waals surface area contributed by atoms with Gasteiger partial charge >= 0.3 is 0 Å². The molecular formula is C28H29ClN4O2. The number of likely N-dealkylation sites (tertiary alicyclic amines) is 1. The molecule has 1 atom stereocenters. The monoisotopic (exact) mass is 488 g/mol. The van der Waals surface area contributed by atoms with Crippen LogP contribution in [0.1, 0.15) is 25.3 Å². The Labute approximate surface area is 210 Å². The number of hydrogen-bond acceptors (Lipinski definition) is 5. The van der Waals surface area contributed by atoms with E-state index in [1.807, 2.05) is 34.9 Å². The van der Waals surface area contributed by atoms with Crippen molar-refractivity contribution in [2.45, 2.75) is 33.2 Å². The van der Waals surface area contributed by atoms with Crippen LogP contribution in [0, 0.1) is 12.8 Å². The van der Waals surface area contributed by atoms with Gasteiger partial charge in [0.1, 0.15) is 11.6 Å². The van der Waals surface area contributed by atoms with Gasteiger partial charge in [-0.1, -0.05) is 42.8 Å². The number of pyridine rings is 1. The zero-order valence-electron chi connectivity index (χ0n) is 20.1. The average molecular weight is 489 g/mol. The number of nitrogens with zero attached hydrogens (tertiary/aromatic N) is 4. The Morgan fingerprint density at radius 2 is 2.00 bits per heavy atom. The van der Waals surface area contributed by atoms with Crippen LogP contribution >= 0.6 is 11.6 Å². The minimum atomic E-state index is -0.0450. The first-order chi connectivity index (χ1) is 17.0. The van der Waals surface area contributed by atoms with Crippen LogP contribution in [0.5, 0.6) is 11.6 Å². The van der Waals surface area contributed by atoms with Crippen molar-refractivity contribution < 1.29 is 4.74 Å². The fourth-order valence-corrected chi connectivity index (χ4v) is 4.96. The number of rotatable bonds is 6. The summed E-state index contributed by atoms with van der Waals surface area (Å²) in [5, 5.41) is 1.08. The first-order valence-corrected chi connectivity index (χ1v) is 12.5. The summed E-state index contributed by atoms with van der Waals surface area (Å²) in [5.41, 5.74) is 2.69. The topological polar surface area (TPSA) is 60.3 Å². The lowest BCUT2D eigenvalue weighted by molar-refractivity contribution is 0.169. The lowest BCUT2D eigenvalue weighted by Crippen LogP contribution is -2.38. The van der Waals surface area contributed by atoms with Gasteiger partial charge < -0.3 is 9.64 Å². The van der Waals surface area contributed by atoms with E-state index in [4.69, 9.17) is 21.3 Å². The van der Waals surface area contributed by atoms with Crippen LogP contribution in [0.2, 0.25) is 5.02 Å². The number of ether oxygens (including phenoxy) is 1. The van der Waals surface area contributed by atoms with Crippen molar-refractivity contribution in [1.82, 2.24) is 19.4 Å². The summed E-state index contributed by atoms with van der Waals surface area (Å²) in [6.45, 7) is 8.06. The molecule has 2 aromatic carbocycles. The number of hydrogen-bond donors (Lipinski definition) is 0. The van der Waals surface area contributed by atoms with E-state index >= 15 is 0 Å². The van der Waals surface area contributed by atoms with E-state index in [2.05, 4.69) is 29.8 Å². The molecule has 5 rings (SSSR count). The molecule has 0 bridgehead atoms. The predicted molar refractivity (Wildman–Crippen MR) is 140 cm³/mol. The van der Waals surface area contributed by atoms with Gasteiger partial charge in [-0.3, -0.25) is 9.36 Å². The Balaban J connectivity index is 1.59. The van der Waals surface area contributed by atoms with Gasteiger partial charge in [0, 0.05) is 30.9 Å². The van der Waals surface area contributed by atoms with Crippen LogP contribution in [0.15, 0.2) is 65.6 Å². The second kappa shape index (κ2) is 10.2. The second-order valence-corrected chi connectivity index (χ2v) is 9.60. The van der Waals surface area contributed by atoms with E-state index < -0.39 is 0 Å². The molecule has 1 fully saturated rings. The lowest BCUT2D eigenvalue weighted by atomic mass is 9.97. The normalized spacial score (nSPS) is 16.5. The van der Waals surface area contributed by atoms with Crippen LogP contribution in [0.25, 0.3) is 22.3 Å². The Morgan fingerprint density at radius 1 is 1.14 bits per heavy atom. The molecule has 7 heteroatoms. The number of benzene rings is 2. The van der Waals surface area contributed by atoms with Crippen LogP contribution in [0.4, 0.5) is 0 Å². The largest absolute Gasteiger partial charge is 0.439 e. The van der Waals surface area contributed by atoms with Gasteiger partial charge in [-0.2, -0.15) is 0 Å². The van der Waals surface area contributed by atoms with Crippen molar-refractivity contribution in [3.63, 3.8) is 0 Å². The van der Waals surface area contributed by atoms with E-state index in [0.717, 1.165) is 49.4 Å². The van der Waals surface area contributed by atoms with Crippen molar-refractivity contribution in [2.75, 3.05) is 19.6 Å². The Hall–Kier alpha value is -3.22. The third-order valence-electron chi connectivity index (χ3n) is 6.73. The first-order valence-electron chi connectivity index (χ1n) is 12.1. The maximum Gasteiger partial charge on any atom is 0.261 e. The fraction of sp³-hybridized carbons (Fsp3) is 0.321. The molecule has 180 valence electrons. The Bertz CT molecular complexity index is 1400. The molecule has 1 aliphatic heterocycles. The highest BCUT2D eigenvalue weighted by Gasteiger charge is 2.23. The van der Waals surface area contributed by atoms with Crippen molar-refractivity contribution in [3.05, 3.63) is 81.7 Å². The number of aryl methyl sites for hydroxylation is 1. The summed E-state index contributed by atoms with van der Waals surface area (Å²) in [4.78, 5) is 25.6. The summed E-state index contributed by atoms with van der Waals surface area (Å²) in [5.74, 6) is 2.08. The van der Waals surface area contributed by atoms with E-state index in [0.29, 0.717) is 40.0 Å². The summed E-state index contributed by atoms with van der Waals surface area (Å²) in [7, 11) is 0. The molecule has 4 aromatic rings. The molecule has 35 heavy (non-hydrogen) atoms. The quantitative estimate of drug-likeness (QED) is 0.336. The highest BCUT2D eigenvalue weighted by atomic mass is 35.5. The smallest absolute Gasteiger partial charge is 0.261 e. The molecule has 0 amide bonds. The first kappa shape index (κ1) is 23.5. The van der Waals surface area contributed by atoms with Gasteiger partial charge in [0.05, 0.1) is 15.9 Å². The van der Waals surface area contributed by atoms with E-state index in [9.17, 15) is 4.79 Å². The van der Waals surface area contributed by atoms with Crippen LogP contribution in [0.3, 0.4) is 0 Å². The van der Waals surface area contributed by atoms with Gasteiger partial charge in [0.2, 0.25) is 5.88 Å². The van der Waals surface area contributed by atoms with Crippen LogP contribution in [-0.2, 0) is 6.54 Å². The third-order valence-corrected chi connectivity index (χ3v) is 6.95. The van der Waals surface area contributed by atoms with Gasteiger partial charge in [-0.15, -0.1) is 0 Å². The van der Waals surface area contributed by atoms with Crippen LogP contribution in [-0.4, -0.2) is 39.1 Å². The molecule has 0 aliphatic carbocycles. The molecule has 1 saturated heterocycles. The van der Waals surface area contributed by atoms with Crippen molar-refractivity contribution in [1.29, 1.82) is 0 Å². The molecule has 0 spiro atoms. The number of fused-ring (bicyclic) bond motifs is 1. The Morgan fingerprint density at radius 3 is 2.77 bits per heavy atom. The minimum absolute atomic E-state index is 0.0450. The molecule has 3 heterocycles. The standard InChI is InChI=1S/C28H29ClN4O2/c1-3-32-14-6-8-20(17-32)18-33-27(23-9-5-4-7-19(23)2)31-25-12-11-22(15-24(25)28(33)34)35-26-13-10-21(29)16-30-26/h4-5,7,9-13,15-16,20H,3,6,8,14,17-18H2,1-2H3/t20-/m0/s1. The highest BCUT2D eigenvalue weighted by molar-refractivity contribution is 6.30. The molecule has 0 radical (unpaired) electrons. The van der Waals surface area contributed by atoms with Gasteiger partial charge in [-0.25, -0.2) is 9.97 Å². The number of aromatic nitrogens is 3. The summed E-state index contributed by atoms with van der Waals surface area (Å²) in [6.07, 6.45) is 3.80. The Kier molecular flexibility index (Phi) is 6.84.